The summed E-state index contributed by atoms with van der Waals surface area (Å²) in [4.78, 5) is 1.93. The van der Waals surface area contributed by atoms with Crippen LogP contribution in [0.5, 0.6) is 5.75 Å². The quantitative estimate of drug-likeness (QED) is 0.611. The van der Waals surface area contributed by atoms with Gasteiger partial charge in [0.25, 0.3) is 0 Å². The summed E-state index contributed by atoms with van der Waals surface area (Å²) in [5, 5.41) is 7.59. The minimum absolute atomic E-state index is 0.0360. The maximum atomic E-state index is 11.5. The second-order valence-electron chi connectivity index (χ2n) is 4.44. The molecular formula is C12H17N3O3S. The van der Waals surface area contributed by atoms with Gasteiger partial charge in [-0.05, 0) is 12.1 Å². The van der Waals surface area contributed by atoms with E-state index in [1.165, 1.54) is 0 Å². The Kier molecular flexibility index (Phi) is 3.66. The lowest BCUT2D eigenvalue weighted by molar-refractivity contribution is 0.415. The number of nitrogens with two attached hydrogens (primary N) is 1. The number of anilines is 1. The van der Waals surface area contributed by atoms with Crippen LogP contribution in [-0.4, -0.2) is 46.0 Å². The van der Waals surface area contributed by atoms with Gasteiger partial charge in [0.05, 0.1) is 24.3 Å². The Labute approximate surface area is 112 Å². The molecule has 6 nitrogen and oxygen atoms in total. The predicted octanol–water partition coefficient (Wildman–Crippen LogP) is 0.214. The van der Waals surface area contributed by atoms with Crippen LogP contribution in [0.25, 0.3) is 0 Å². The van der Waals surface area contributed by atoms with Crippen molar-refractivity contribution in [3.05, 3.63) is 23.8 Å². The van der Waals surface area contributed by atoms with E-state index >= 15 is 0 Å². The Balaban J connectivity index is 2.35. The van der Waals surface area contributed by atoms with E-state index in [-0.39, 0.29) is 17.3 Å². The summed E-state index contributed by atoms with van der Waals surface area (Å²) in [6.07, 6.45) is 0. The summed E-state index contributed by atoms with van der Waals surface area (Å²) < 4.78 is 28.1. The molecule has 0 aliphatic carbocycles. The molecular weight excluding hydrogens is 266 g/mol. The Hall–Kier alpha value is -1.76. The molecule has 1 aromatic rings. The number of hydrogen-bond donors (Lipinski definition) is 2. The molecule has 0 amide bonds. The molecule has 7 heteroatoms. The lowest BCUT2D eigenvalue weighted by atomic mass is 10.1. The van der Waals surface area contributed by atoms with E-state index in [1.807, 2.05) is 4.90 Å². The number of nitrogens with zero attached hydrogens (tertiary/aromatic N) is 1. The third-order valence-electron chi connectivity index (χ3n) is 3.18. The molecule has 104 valence electrons. The van der Waals surface area contributed by atoms with Gasteiger partial charge in [-0.15, -0.1) is 0 Å². The van der Waals surface area contributed by atoms with Crippen molar-refractivity contribution in [2.24, 2.45) is 5.73 Å². The highest BCUT2D eigenvalue weighted by Crippen LogP contribution is 2.27. The molecule has 19 heavy (non-hydrogen) atoms. The number of hydrogen-bond acceptors (Lipinski definition) is 5. The van der Waals surface area contributed by atoms with Crippen molar-refractivity contribution in [2.45, 2.75) is 0 Å². The zero-order chi connectivity index (χ0) is 14.0. The Morgan fingerprint density at radius 2 is 2.00 bits per heavy atom. The van der Waals surface area contributed by atoms with Gasteiger partial charge in [0.1, 0.15) is 11.6 Å². The molecule has 1 aromatic carbocycles. The summed E-state index contributed by atoms with van der Waals surface area (Å²) in [5.74, 6) is 0.878. The zero-order valence-electron chi connectivity index (χ0n) is 10.7. The van der Waals surface area contributed by atoms with Gasteiger partial charge in [0.15, 0.2) is 9.84 Å². The van der Waals surface area contributed by atoms with Gasteiger partial charge in [0, 0.05) is 24.7 Å². The monoisotopic (exact) mass is 283 g/mol. The minimum Gasteiger partial charge on any atom is -0.497 e. The van der Waals surface area contributed by atoms with Crippen LogP contribution in [0.1, 0.15) is 5.56 Å². The van der Waals surface area contributed by atoms with E-state index in [9.17, 15) is 8.42 Å². The third-order valence-corrected chi connectivity index (χ3v) is 4.79. The van der Waals surface area contributed by atoms with Crippen LogP contribution < -0.4 is 15.4 Å². The number of sulfone groups is 1. The van der Waals surface area contributed by atoms with Gasteiger partial charge >= 0.3 is 0 Å². The van der Waals surface area contributed by atoms with E-state index in [4.69, 9.17) is 15.9 Å². The second-order valence-corrected chi connectivity index (χ2v) is 6.74. The molecule has 1 heterocycles. The van der Waals surface area contributed by atoms with Crippen LogP contribution in [0.15, 0.2) is 18.2 Å². The lowest BCUT2D eigenvalue weighted by Crippen LogP contribution is -2.41. The van der Waals surface area contributed by atoms with Crippen LogP contribution in [0, 0.1) is 5.41 Å². The molecule has 0 spiro atoms. The van der Waals surface area contributed by atoms with Crippen LogP contribution >= 0.6 is 0 Å². The third kappa shape index (κ3) is 2.98. The van der Waals surface area contributed by atoms with Gasteiger partial charge in [0.2, 0.25) is 0 Å². The predicted molar refractivity (Wildman–Crippen MR) is 74.9 cm³/mol. The number of methoxy groups -OCH3 is 1. The van der Waals surface area contributed by atoms with Crippen LogP contribution in [0.3, 0.4) is 0 Å². The molecule has 1 saturated heterocycles. The fraction of sp³-hybridized carbons (Fsp3) is 0.417. The van der Waals surface area contributed by atoms with Crippen molar-refractivity contribution in [1.82, 2.24) is 0 Å². The fourth-order valence-electron chi connectivity index (χ4n) is 2.08. The number of nitrogens with one attached hydrogen (secondary N) is 1. The average molecular weight is 283 g/mol. The van der Waals surface area contributed by atoms with Crippen molar-refractivity contribution in [2.75, 3.05) is 36.6 Å². The van der Waals surface area contributed by atoms with Crippen LogP contribution in [0.4, 0.5) is 5.69 Å². The summed E-state index contributed by atoms with van der Waals surface area (Å²) in [6.45, 7) is 0.825. The largest absolute Gasteiger partial charge is 0.497 e. The highest BCUT2D eigenvalue weighted by atomic mass is 32.2. The molecule has 3 N–H and O–H groups in total. The van der Waals surface area contributed by atoms with E-state index in [0.29, 0.717) is 24.4 Å². The smallest absolute Gasteiger partial charge is 0.153 e. The van der Waals surface area contributed by atoms with Crippen LogP contribution in [0.2, 0.25) is 0 Å². The number of rotatable bonds is 3. The highest BCUT2D eigenvalue weighted by molar-refractivity contribution is 7.91. The Bertz CT molecular complexity index is 584. The van der Waals surface area contributed by atoms with Crippen molar-refractivity contribution in [3.63, 3.8) is 0 Å². The van der Waals surface area contributed by atoms with Gasteiger partial charge < -0.3 is 15.4 Å². The van der Waals surface area contributed by atoms with E-state index in [0.717, 1.165) is 5.69 Å². The zero-order valence-corrected chi connectivity index (χ0v) is 11.5. The molecule has 0 bridgehead atoms. The Morgan fingerprint density at radius 1 is 1.37 bits per heavy atom. The molecule has 0 radical (unpaired) electrons. The number of ether oxygens (including phenoxy) is 1. The van der Waals surface area contributed by atoms with E-state index in [2.05, 4.69) is 0 Å². The minimum atomic E-state index is -2.93. The summed E-state index contributed by atoms with van der Waals surface area (Å²) in [7, 11) is -1.37. The van der Waals surface area contributed by atoms with E-state index in [1.54, 1.807) is 25.3 Å². The van der Waals surface area contributed by atoms with Gasteiger partial charge in [-0.25, -0.2) is 8.42 Å². The van der Waals surface area contributed by atoms with Crippen molar-refractivity contribution in [1.29, 1.82) is 5.41 Å². The number of nitrogen functional groups attached to an aromatic ring is 1. The molecule has 0 saturated carbocycles. The number of benzene rings is 1. The summed E-state index contributed by atoms with van der Waals surface area (Å²) in [5.41, 5.74) is 6.91. The maximum Gasteiger partial charge on any atom is 0.153 e. The van der Waals surface area contributed by atoms with Gasteiger partial charge in [-0.1, -0.05) is 0 Å². The first-order valence-electron chi connectivity index (χ1n) is 5.91. The number of amidine groups is 1. The molecule has 1 fully saturated rings. The van der Waals surface area contributed by atoms with Crippen molar-refractivity contribution in [3.8, 4) is 5.75 Å². The molecule has 1 aliphatic rings. The molecule has 2 rings (SSSR count). The molecule has 0 aromatic heterocycles. The van der Waals surface area contributed by atoms with Gasteiger partial charge in [-0.2, -0.15) is 0 Å². The highest BCUT2D eigenvalue weighted by Gasteiger charge is 2.24. The van der Waals surface area contributed by atoms with Crippen molar-refractivity contribution < 1.29 is 13.2 Å². The standard InChI is InChI=1S/C12H17N3O3S/c1-18-9-2-3-10(12(13)14)11(8-9)15-4-6-19(16,17)7-5-15/h2-3,8H,4-7H2,1H3,(H3,13,14). The maximum absolute atomic E-state index is 11.5. The molecule has 1 aliphatic heterocycles. The average Bonchev–Trinajstić information content (AvgIpc) is 2.38. The summed E-state index contributed by atoms with van der Waals surface area (Å²) in [6, 6.07) is 5.25. The normalized spacial score (nSPS) is 18.1. The first-order chi connectivity index (χ1) is 8.93. The van der Waals surface area contributed by atoms with Crippen molar-refractivity contribution >= 4 is 21.4 Å². The first-order valence-corrected chi connectivity index (χ1v) is 7.73. The first kappa shape index (κ1) is 13.7. The lowest BCUT2D eigenvalue weighted by Gasteiger charge is -2.30. The summed E-state index contributed by atoms with van der Waals surface area (Å²) >= 11 is 0. The van der Waals surface area contributed by atoms with E-state index < -0.39 is 9.84 Å². The molecule has 0 unspecified atom stereocenters. The fourth-order valence-corrected chi connectivity index (χ4v) is 3.28. The van der Waals surface area contributed by atoms with Crippen LogP contribution in [-0.2, 0) is 9.84 Å². The SMILES string of the molecule is COc1ccc(C(=N)N)c(N2CCS(=O)(=O)CC2)c1. The Morgan fingerprint density at radius 3 is 2.53 bits per heavy atom. The topological polar surface area (TPSA) is 96.5 Å². The second kappa shape index (κ2) is 5.08. The van der Waals surface area contributed by atoms with Gasteiger partial charge in [-0.3, -0.25) is 5.41 Å². The molecule has 0 atom stereocenters.